The van der Waals surface area contributed by atoms with E-state index in [0.717, 1.165) is 25.7 Å². The van der Waals surface area contributed by atoms with Crippen LogP contribution in [0.1, 0.15) is 39.0 Å². The number of alkyl halides is 3. The molecular formula is C15H19Cl3N2O4. The molecule has 6 nitrogen and oxygen atoms in total. The Bertz CT molecular complexity index is 547. The van der Waals surface area contributed by atoms with Crippen molar-refractivity contribution < 1.29 is 14.5 Å². The predicted octanol–water partition coefficient (Wildman–Crippen LogP) is 4.76. The van der Waals surface area contributed by atoms with E-state index in [0.29, 0.717) is 6.42 Å². The number of hydrogen-bond donors (Lipinski definition) is 1. The van der Waals surface area contributed by atoms with Crippen molar-refractivity contribution in [3.8, 4) is 5.75 Å². The Balaban J connectivity index is 2.65. The zero-order chi connectivity index (χ0) is 18.2. The van der Waals surface area contributed by atoms with Gasteiger partial charge in [0.1, 0.15) is 5.75 Å². The molecule has 1 aromatic carbocycles. The van der Waals surface area contributed by atoms with Gasteiger partial charge in [0.15, 0.2) is 0 Å². The highest BCUT2D eigenvalue weighted by atomic mass is 35.6. The molecule has 0 aliphatic carbocycles. The summed E-state index contributed by atoms with van der Waals surface area (Å²) in [6.45, 7) is 2.08. The van der Waals surface area contributed by atoms with Crippen molar-refractivity contribution in [2.45, 2.75) is 49.0 Å². The number of non-ortho nitro benzene ring substituents is 1. The monoisotopic (exact) mass is 396 g/mol. The van der Waals surface area contributed by atoms with Crippen molar-refractivity contribution in [1.29, 1.82) is 0 Å². The Morgan fingerprint density at radius 1 is 1.25 bits per heavy atom. The number of carbonyl (C=O) groups excluding carboxylic acids is 1. The van der Waals surface area contributed by atoms with Crippen LogP contribution in [0.5, 0.6) is 5.75 Å². The maximum atomic E-state index is 11.9. The predicted molar refractivity (Wildman–Crippen MR) is 94.7 cm³/mol. The Kier molecular flexibility index (Phi) is 8.59. The van der Waals surface area contributed by atoms with Gasteiger partial charge in [-0.2, -0.15) is 0 Å². The molecule has 0 heterocycles. The summed E-state index contributed by atoms with van der Waals surface area (Å²) < 4.78 is 3.57. The molecule has 0 saturated carbocycles. The van der Waals surface area contributed by atoms with Gasteiger partial charge in [-0.3, -0.25) is 14.9 Å². The fourth-order valence-corrected chi connectivity index (χ4v) is 2.19. The number of nitrogens with one attached hydrogen (secondary N) is 1. The Hall–Kier alpha value is -1.24. The normalized spacial score (nSPS) is 12.5. The fraction of sp³-hybridized carbons (Fsp3) is 0.533. The van der Waals surface area contributed by atoms with Gasteiger partial charge in [0.2, 0.25) is 15.9 Å². The fourth-order valence-electron chi connectivity index (χ4n) is 1.89. The van der Waals surface area contributed by atoms with E-state index in [4.69, 9.17) is 39.5 Å². The number of nitro benzene ring substituents is 1. The number of nitro groups is 1. The second kappa shape index (κ2) is 9.91. The molecule has 0 saturated heterocycles. The lowest BCUT2D eigenvalue weighted by Crippen LogP contribution is -2.47. The van der Waals surface area contributed by atoms with E-state index in [-0.39, 0.29) is 17.3 Å². The summed E-state index contributed by atoms with van der Waals surface area (Å²) in [5.74, 6) is -0.0486. The molecule has 0 spiro atoms. The van der Waals surface area contributed by atoms with Crippen LogP contribution in [0.15, 0.2) is 24.3 Å². The second-order valence-electron chi connectivity index (χ2n) is 5.17. The molecule has 1 N–H and O–H groups in total. The number of hydrogen-bond acceptors (Lipinski definition) is 4. The van der Waals surface area contributed by atoms with Gasteiger partial charge in [0.05, 0.1) is 4.92 Å². The molecule has 9 heteroatoms. The molecule has 0 bridgehead atoms. The van der Waals surface area contributed by atoms with Crippen LogP contribution in [-0.2, 0) is 4.79 Å². The molecular weight excluding hydrogens is 379 g/mol. The lowest BCUT2D eigenvalue weighted by Gasteiger charge is -2.26. The SMILES string of the molecule is CCCCCCC(=O)N[C@@H](Oc1ccc([N+](=O)[O-])cc1)C(Cl)(Cl)Cl. The van der Waals surface area contributed by atoms with Crippen molar-refractivity contribution in [2.75, 3.05) is 0 Å². The summed E-state index contributed by atoms with van der Waals surface area (Å²) in [4.78, 5) is 22.0. The maximum Gasteiger partial charge on any atom is 0.269 e. The summed E-state index contributed by atoms with van der Waals surface area (Å²) in [5.41, 5.74) is -0.0901. The summed E-state index contributed by atoms with van der Waals surface area (Å²) in [7, 11) is 0. The smallest absolute Gasteiger partial charge is 0.269 e. The number of unbranched alkanes of at least 4 members (excludes halogenated alkanes) is 3. The van der Waals surface area contributed by atoms with E-state index in [1.165, 1.54) is 24.3 Å². The lowest BCUT2D eigenvalue weighted by molar-refractivity contribution is -0.384. The van der Waals surface area contributed by atoms with Crippen LogP contribution in [0.25, 0.3) is 0 Å². The van der Waals surface area contributed by atoms with Crippen molar-refractivity contribution in [3.63, 3.8) is 0 Å². The second-order valence-corrected chi connectivity index (χ2v) is 7.54. The standard InChI is InChI=1S/C15H19Cl3N2O4/c1-2-3-4-5-6-13(21)19-14(15(16,17)18)24-12-9-7-11(8-10-12)20(22)23/h7-10,14H,2-6H2,1H3,(H,19,21)/t14-/m0/s1. The van der Waals surface area contributed by atoms with E-state index in [2.05, 4.69) is 12.2 Å². The van der Waals surface area contributed by atoms with Crippen LogP contribution in [-0.4, -0.2) is 20.9 Å². The zero-order valence-corrected chi connectivity index (χ0v) is 15.4. The van der Waals surface area contributed by atoms with E-state index in [1.54, 1.807) is 0 Å². The first kappa shape index (κ1) is 20.8. The van der Waals surface area contributed by atoms with Gasteiger partial charge in [-0.05, 0) is 18.6 Å². The minimum Gasteiger partial charge on any atom is -0.466 e. The molecule has 0 fully saturated rings. The van der Waals surface area contributed by atoms with Gasteiger partial charge in [0.25, 0.3) is 5.69 Å². The highest BCUT2D eigenvalue weighted by molar-refractivity contribution is 6.68. The van der Waals surface area contributed by atoms with Crippen LogP contribution in [0.2, 0.25) is 0 Å². The third-order valence-corrected chi connectivity index (χ3v) is 3.74. The molecule has 0 radical (unpaired) electrons. The van der Waals surface area contributed by atoms with Crippen molar-refractivity contribution in [1.82, 2.24) is 5.32 Å². The molecule has 1 aromatic rings. The van der Waals surface area contributed by atoms with E-state index in [1.807, 2.05) is 0 Å². The van der Waals surface area contributed by atoms with Gasteiger partial charge in [-0.1, -0.05) is 61.0 Å². The van der Waals surface area contributed by atoms with E-state index in [9.17, 15) is 14.9 Å². The molecule has 1 atom stereocenters. The van der Waals surface area contributed by atoms with E-state index >= 15 is 0 Å². The van der Waals surface area contributed by atoms with Gasteiger partial charge >= 0.3 is 0 Å². The molecule has 0 aliphatic rings. The molecule has 1 amide bonds. The summed E-state index contributed by atoms with van der Waals surface area (Å²) in [6, 6.07) is 5.26. The van der Waals surface area contributed by atoms with Crippen molar-refractivity contribution >= 4 is 46.4 Å². The molecule has 134 valence electrons. The number of rotatable bonds is 9. The first-order chi connectivity index (χ1) is 11.2. The molecule has 0 unspecified atom stereocenters. The maximum absolute atomic E-state index is 11.9. The largest absolute Gasteiger partial charge is 0.466 e. The Morgan fingerprint density at radius 2 is 1.88 bits per heavy atom. The Labute approximate surface area is 155 Å². The lowest BCUT2D eigenvalue weighted by atomic mass is 10.1. The van der Waals surface area contributed by atoms with Crippen LogP contribution in [0.4, 0.5) is 5.69 Å². The van der Waals surface area contributed by atoms with Gasteiger partial charge in [-0.25, -0.2) is 0 Å². The highest BCUT2D eigenvalue weighted by Crippen LogP contribution is 2.32. The number of ether oxygens (including phenoxy) is 1. The first-order valence-electron chi connectivity index (χ1n) is 7.51. The number of carbonyl (C=O) groups is 1. The first-order valence-corrected chi connectivity index (χ1v) is 8.64. The number of nitrogens with zero attached hydrogens (tertiary/aromatic N) is 1. The average molecular weight is 398 g/mol. The van der Waals surface area contributed by atoms with Gasteiger partial charge in [0, 0.05) is 18.6 Å². The summed E-state index contributed by atoms with van der Waals surface area (Å²) in [5, 5.41) is 13.2. The molecule has 0 aromatic heterocycles. The molecule has 0 aliphatic heterocycles. The minimum atomic E-state index is -1.89. The summed E-state index contributed by atoms with van der Waals surface area (Å²) in [6.07, 6.45) is 2.92. The molecule has 1 rings (SSSR count). The highest BCUT2D eigenvalue weighted by Gasteiger charge is 2.36. The minimum absolute atomic E-state index is 0.0901. The molecule has 24 heavy (non-hydrogen) atoms. The van der Waals surface area contributed by atoms with Crippen molar-refractivity contribution in [3.05, 3.63) is 34.4 Å². The summed E-state index contributed by atoms with van der Waals surface area (Å²) >= 11 is 17.5. The van der Waals surface area contributed by atoms with Crippen LogP contribution < -0.4 is 10.1 Å². The quantitative estimate of drug-likeness (QED) is 0.214. The topological polar surface area (TPSA) is 81.5 Å². The average Bonchev–Trinajstić information content (AvgIpc) is 2.50. The van der Waals surface area contributed by atoms with Crippen molar-refractivity contribution in [2.24, 2.45) is 0 Å². The van der Waals surface area contributed by atoms with Crippen LogP contribution >= 0.6 is 34.8 Å². The van der Waals surface area contributed by atoms with Gasteiger partial charge < -0.3 is 10.1 Å². The Morgan fingerprint density at radius 3 is 2.38 bits per heavy atom. The number of halogens is 3. The zero-order valence-electron chi connectivity index (χ0n) is 13.1. The number of benzene rings is 1. The van der Waals surface area contributed by atoms with Gasteiger partial charge in [-0.15, -0.1) is 0 Å². The third kappa shape index (κ3) is 7.55. The number of amides is 1. The van der Waals surface area contributed by atoms with Crippen LogP contribution in [0.3, 0.4) is 0 Å². The van der Waals surface area contributed by atoms with Crippen LogP contribution in [0, 0.1) is 10.1 Å². The third-order valence-electron chi connectivity index (χ3n) is 3.15. The van der Waals surface area contributed by atoms with E-state index < -0.39 is 14.9 Å².